The van der Waals surface area contributed by atoms with Crippen molar-refractivity contribution in [1.29, 1.82) is 0 Å². The van der Waals surface area contributed by atoms with E-state index in [9.17, 15) is 0 Å². The molecule has 2 unspecified atom stereocenters. The van der Waals surface area contributed by atoms with Crippen molar-refractivity contribution < 1.29 is 0 Å². The first-order valence-corrected chi connectivity index (χ1v) is 16.2. The maximum Gasteiger partial charge on any atom is 0.0585 e. The van der Waals surface area contributed by atoms with Crippen molar-refractivity contribution in [3.63, 3.8) is 0 Å². The fourth-order valence-corrected chi connectivity index (χ4v) is 8.14. The highest BCUT2D eigenvalue weighted by Gasteiger charge is 2.27. The molecule has 6 aromatic carbocycles. The second-order valence-corrected chi connectivity index (χ2v) is 12.9. The summed E-state index contributed by atoms with van der Waals surface area (Å²) in [7, 11) is 0. The summed E-state index contributed by atoms with van der Waals surface area (Å²) in [6.45, 7) is 4.60. The molecule has 8 rings (SSSR count). The van der Waals surface area contributed by atoms with Gasteiger partial charge in [0, 0.05) is 31.4 Å². The molecule has 0 saturated carbocycles. The Morgan fingerprint density at radius 2 is 1.32 bits per heavy atom. The molecule has 0 saturated heterocycles. The van der Waals surface area contributed by atoms with Crippen LogP contribution in [0.25, 0.3) is 53.2 Å². The van der Waals surface area contributed by atoms with Gasteiger partial charge < -0.3 is 4.90 Å². The predicted octanol–water partition coefficient (Wildman–Crippen LogP) is 12.1. The normalized spacial score (nSPS) is 16.2. The Bertz CT molecular complexity index is 2200. The van der Waals surface area contributed by atoms with Gasteiger partial charge in [-0.15, -0.1) is 11.3 Å². The lowest BCUT2D eigenvalue weighted by atomic mass is 9.89. The highest BCUT2D eigenvalue weighted by atomic mass is 32.1. The van der Waals surface area contributed by atoms with E-state index in [4.69, 9.17) is 0 Å². The second-order valence-electron chi connectivity index (χ2n) is 11.9. The van der Waals surface area contributed by atoms with Crippen molar-refractivity contribution in [2.24, 2.45) is 5.92 Å². The van der Waals surface area contributed by atoms with E-state index in [1.54, 1.807) is 0 Å². The van der Waals surface area contributed by atoms with Gasteiger partial charge in [0.2, 0.25) is 0 Å². The molecule has 1 nitrogen and oxygen atoms in total. The molecule has 1 heterocycles. The molecule has 44 heavy (non-hydrogen) atoms. The van der Waals surface area contributed by atoms with Crippen LogP contribution in [0, 0.1) is 12.8 Å². The largest absolute Gasteiger partial charge is 0.333 e. The molecule has 1 aromatic heterocycles. The summed E-state index contributed by atoms with van der Waals surface area (Å²) in [6.07, 6.45) is 9.05. The van der Waals surface area contributed by atoms with Crippen molar-refractivity contribution in [1.82, 2.24) is 0 Å². The summed E-state index contributed by atoms with van der Waals surface area (Å²) in [6, 6.07) is 47.1. The van der Waals surface area contributed by atoms with E-state index in [1.165, 1.54) is 70.1 Å². The fraction of sp³-hybridized carbons (Fsp3) is 0.0952. The van der Waals surface area contributed by atoms with Crippen molar-refractivity contribution >= 4 is 53.7 Å². The Labute approximate surface area is 263 Å². The Morgan fingerprint density at radius 1 is 0.591 bits per heavy atom. The van der Waals surface area contributed by atoms with E-state index in [0.29, 0.717) is 5.92 Å². The molecular formula is C42H33NS. The maximum absolute atomic E-state index is 2.55. The lowest BCUT2D eigenvalue weighted by Gasteiger charge is -2.37. The molecule has 1 aliphatic carbocycles. The Morgan fingerprint density at radius 3 is 2.14 bits per heavy atom. The van der Waals surface area contributed by atoms with Gasteiger partial charge in [0.15, 0.2) is 0 Å². The van der Waals surface area contributed by atoms with Crippen LogP contribution in [0.15, 0.2) is 152 Å². The van der Waals surface area contributed by atoms with Gasteiger partial charge in [-0.1, -0.05) is 122 Å². The van der Waals surface area contributed by atoms with Crippen LogP contribution in [0.2, 0.25) is 0 Å². The summed E-state index contributed by atoms with van der Waals surface area (Å²) in [4.78, 5) is 2.55. The molecule has 7 aromatic rings. The molecule has 0 fully saturated rings. The lowest BCUT2D eigenvalue weighted by molar-refractivity contribution is 0.610. The van der Waals surface area contributed by atoms with Gasteiger partial charge in [-0.25, -0.2) is 0 Å². The number of hydrogen-bond acceptors (Lipinski definition) is 2. The summed E-state index contributed by atoms with van der Waals surface area (Å²) in [5.41, 5.74) is 8.75. The van der Waals surface area contributed by atoms with Gasteiger partial charge >= 0.3 is 0 Å². The molecule has 212 valence electrons. The minimum absolute atomic E-state index is 0.185. The van der Waals surface area contributed by atoms with Crippen LogP contribution in [-0.4, -0.2) is 6.04 Å². The molecule has 0 N–H and O–H groups in total. The van der Waals surface area contributed by atoms with E-state index in [0.717, 1.165) is 0 Å². The number of rotatable bonds is 5. The molecular weight excluding hydrogens is 551 g/mol. The highest BCUT2D eigenvalue weighted by Crippen LogP contribution is 2.46. The van der Waals surface area contributed by atoms with Gasteiger partial charge in [-0.2, -0.15) is 0 Å². The number of aryl methyl sites for hydroxylation is 1. The number of thiophene rings is 1. The Kier molecular flexibility index (Phi) is 6.65. The van der Waals surface area contributed by atoms with Gasteiger partial charge in [0.25, 0.3) is 0 Å². The van der Waals surface area contributed by atoms with Gasteiger partial charge in [0.1, 0.15) is 0 Å². The van der Waals surface area contributed by atoms with Crippen molar-refractivity contribution in [3.8, 4) is 22.3 Å². The van der Waals surface area contributed by atoms with Crippen LogP contribution in [0.5, 0.6) is 0 Å². The van der Waals surface area contributed by atoms with E-state index < -0.39 is 0 Å². The van der Waals surface area contributed by atoms with E-state index in [-0.39, 0.29) is 6.04 Å². The SMILES string of the molecule is Cc1cc(-c2c(N(c3ccccc3)C3C=CC=CC3C)ccc3ccc(-c4ccccc4)cc23)cc2sc3ccccc3c12. The molecule has 0 bridgehead atoms. The molecule has 0 spiro atoms. The first-order chi connectivity index (χ1) is 21.7. The minimum atomic E-state index is 0.185. The van der Waals surface area contributed by atoms with Crippen LogP contribution in [0.4, 0.5) is 11.4 Å². The van der Waals surface area contributed by atoms with Crippen LogP contribution in [-0.2, 0) is 0 Å². The Balaban J connectivity index is 1.46. The smallest absolute Gasteiger partial charge is 0.0585 e. The third-order valence-corrected chi connectivity index (χ3v) is 10.2. The zero-order chi connectivity index (χ0) is 29.6. The number of benzene rings is 6. The lowest BCUT2D eigenvalue weighted by Crippen LogP contribution is -2.35. The van der Waals surface area contributed by atoms with Crippen molar-refractivity contribution in [2.75, 3.05) is 4.90 Å². The third kappa shape index (κ3) is 4.54. The molecule has 2 heteroatoms. The number of anilines is 2. The molecule has 0 amide bonds. The topological polar surface area (TPSA) is 3.24 Å². The van der Waals surface area contributed by atoms with Gasteiger partial charge in [0.05, 0.1) is 11.7 Å². The first kappa shape index (κ1) is 26.7. The Hall–Kier alpha value is -4.92. The minimum Gasteiger partial charge on any atom is -0.333 e. The van der Waals surface area contributed by atoms with Crippen LogP contribution >= 0.6 is 11.3 Å². The van der Waals surface area contributed by atoms with Crippen LogP contribution in [0.3, 0.4) is 0 Å². The molecule has 0 aliphatic heterocycles. The van der Waals surface area contributed by atoms with Crippen LogP contribution in [0.1, 0.15) is 12.5 Å². The number of nitrogens with zero attached hydrogens (tertiary/aromatic N) is 1. The zero-order valence-electron chi connectivity index (χ0n) is 24.9. The fourth-order valence-electron chi connectivity index (χ4n) is 6.92. The monoisotopic (exact) mass is 583 g/mol. The van der Waals surface area contributed by atoms with Crippen molar-refractivity contribution in [2.45, 2.75) is 19.9 Å². The molecule has 1 aliphatic rings. The number of para-hydroxylation sites is 1. The third-order valence-electron chi connectivity index (χ3n) is 9.04. The van der Waals surface area contributed by atoms with E-state index >= 15 is 0 Å². The molecule has 2 atom stereocenters. The van der Waals surface area contributed by atoms with Gasteiger partial charge in [-0.3, -0.25) is 0 Å². The number of fused-ring (bicyclic) bond motifs is 4. The highest BCUT2D eigenvalue weighted by molar-refractivity contribution is 7.25. The summed E-state index contributed by atoms with van der Waals surface area (Å²) >= 11 is 1.90. The second kappa shape index (κ2) is 11.0. The molecule has 0 radical (unpaired) electrons. The van der Waals surface area contributed by atoms with Crippen molar-refractivity contribution in [3.05, 3.63) is 157 Å². The summed E-state index contributed by atoms with van der Waals surface area (Å²) in [5, 5.41) is 5.24. The standard InChI is InChI=1S/C42H33NS/c1-28-13-9-11-19-37(28)43(34-16-7-4-8-17-34)38-24-23-31-21-22-32(30-14-5-3-6-15-30)26-36(31)42(38)33-25-29(2)41-35-18-10-12-20-39(35)44-40(41)27-33/h3-28,37H,1-2H3. The van der Waals surface area contributed by atoms with E-state index in [2.05, 4.69) is 170 Å². The van der Waals surface area contributed by atoms with Crippen LogP contribution < -0.4 is 4.90 Å². The zero-order valence-corrected chi connectivity index (χ0v) is 25.8. The number of allylic oxidation sites excluding steroid dienone is 2. The predicted molar refractivity (Wildman–Crippen MR) is 192 cm³/mol. The summed E-state index contributed by atoms with van der Waals surface area (Å²) in [5.74, 6) is 0.353. The first-order valence-electron chi connectivity index (χ1n) is 15.4. The quantitative estimate of drug-likeness (QED) is 0.195. The average molecular weight is 584 g/mol. The number of hydrogen-bond donors (Lipinski definition) is 0. The summed E-state index contributed by atoms with van der Waals surface area (Å²) < 4.78 is 2.68. The average Bonchev–Trinajstić information content (AvgIpc) is 3.45. The van der Waals surface area contributed by atoms with E-state index in [1.807, 2.05) is 11.3 Å². The maximum atomic E-state index is 2.55. The van der Waals surface area contributed by atoms with Gasteiger partial charge in [-0.05, 0) is 82.3 Å².